The molecular weight excluding hydrogens is 551 g/mol. The number of hydrazone groups is 1. The molecule has 0 radical (unpaired) electrons. The summed E-state index contributed by atoms with van der Waals surface area (Å²) in [5.41, 5.74) is 1.48. The number of sulfonamides is 1. The molecule has 0 aliphatic heterocycles. The molecule has 0 atom stereocenters. The van der Waals surface area contributed by atoms with Crippen molar-refractivity contribution in [3.63, 3.8) is 0 Å². The minimum Gasteiger partial charge on any atom is -0.494 e. The van der Waals surface area contributed by atoms with Crippen LogP contribution >= 0.6 is 11.3 Å². The molecule has 0 aliphatic rings. The Balaban J connectivity index is 1.66. The maximum absolute atomic E-state index is 13.8. The number of fused-ring (bicyclic) bond motifs is 1. The molecular formula is C29H31FN4O4S2. The van der Waals surface area contributed by atoms with Crippen LogP contribution < -0.4 is 9.75 Å². The van der Waals surface area contributed by atoms with Gasteiger partial charge in [0.15, 0.2) is 0 Å². The smallest absolute Gasteiger partial charge is 0.280 e. The molecule has 1 aromatic heterocycles. The van der Waals surface area contributed by atoms with Crippen LogP contribution in [0, 0.1) is 5.82 Å². The quantitative estimate of drug-likeness (QED) is 0.144. The number of hydrogen-bond acceptors (Lipinski definition) is 7. The zero-order chi connectivity index (χ0) is 28.7. The summed E-state index contributed by atoms with van der Waals surface area (Å²) in [5.74, 6) is -0.202. The van der Waals surface area contributed by atoms with Crippen LogP contribution in [-0.4, -0.2) is 49.5 Å². The molecule has 0 bridgehead atoms. The molecule has 0 saturated heterocycles. The molecule has 3 aromatic carbocycles. The van der Waals surface area contributed by atoms with E-state index in [9.17, 15) is 17.6 Å². The third-order valence-electron chi connectivity index (χ3n) is 6.08. The van der Waals surface area contributed by atoms with E-state index in [-0.39, 0.29) is 15.6 Å². The van der Waals surface area contributed by atoms with Gasteiger partial charge in [0.25, 0.3) is 5.91 Å². The van der Waals surface area contributed by atoms with E-state index in [0.717, 1.165) is 34.8 Å². The van der Waals surface area contributed by atoms with Crippen LogP contribution in [0.1, 0.15) is 49.5 Å². The predicted octanol–water partition coefficient (Wildman–Crippen LogP) is 6.33. The van der Waals surface area contributed by atoms with Gasteiger partial charge in [0.05, 0.1) is 27.9 Å². The van der Waals surface area contributed by atoms with E-state index in [4.69, 9.17) is 4.74 Å². The molecule has 0 saturated carbocycles. The number of unbranched alkanes of at least 4 members (excludes halogenated alkanes) is 1. The number of benzene rings is 3. The van der Waals surface area contributed by atoms with E-state index in [1.807, 2.05) is 26.0 Å². The van der Waals surface area contributed by atoms with Crippen LogP contribution in [-0.2, 0) is 10.0 Å². The summed E-state index contributed by atoms with van der Waals surface area (Å²) in [5, 5.41) is 5.82. The lowest BCUT2D eigenvalue weighted by molar-refractivity contribution is 0.0987. The van der Waals surface area contributed by atoms with Crippen molar-refractivity contribution in [2.24, 2.45) is 5.10 Å². The van der Waals surface area contributed by atoms with E-state index in [1.165, 1.54) is 46.9 Å². The van der Waals surface area contributed by atoms with Gasteiger partial charge in [0.2, 0.25) is 15.2 Å². The fourth-order valence-corrected chi connectivity index (χ4v) is 6.36. The number of thiazole rings is 1. The molecule has 4 rings (SSSR count). The Labute approximate surface area is 237 Å². The minimum atomic E-state index is -3.69. The molecule has 11 heteroatoms. The van der Waals surface area contributed by atoms with Crippen LogP contribution in [0.5, 0.6) is 5.75 Å². The van der Waals surface area contributed by atoms with Gasteiger partial charge in [-0.25, -0.2) is 17.8 Å². The number of carbonyl (C=O) groups excluding carboxylic acids is 1. The Kier molecular flexibility index (Phi) is 9.62. The highest BCUT2D eigenvalue weighted by molar-refractivity contribution is 7.89. The van der Waals surface area contributed by atoms with Crippen LogP contribution in [0.25, 0.3) is 10.2 Å². The highest BCUT2D eigenvalue weighted by atomic mass is 32.2. The first kappa shape index (κ1) is 29.3. The second-order valence-electron chi connectivity index (χ2n) is 8.85. The van der Waals surface area contributed by atoms with Crippen molar-refractivity contribution >= 4 is 48.8 Å². The minimum absolute atomic E-state index is 0.113. The Morgan fingerprint density at radius 2 is 1.77 bits per heavy atom. The second-order valence-corrected chi connectivity index (χ2v) is 11.8. The Morgan fingerprint density at radius 3 is 2.42 bits per heavy atom. The van der Waals surface area contributed by atoms with Gasteiger partial charge in [-0.15, -0.1) is 0 Å². The number of aromatic nitrogens is 1. The zero-order valence-corrected chi connectivity index (χ0v) is 24.2. The molecule has 0 aliphatic carbocycles. The summed E-state index contributed by atoms with van der Waals surface area (Å²) >= 11 is 1.13. The lowest BCUT2D eigenvalue weighted by Gasteiger charge is -2.20. The first-order chi connectivity index (χ1) is 19.3. The molecule has 4 aromatic rings. The average molecular weight is 583 g/mol. The Morgan fingerprint density at radius 1 is 1.05 bits per heavy atom. The summed E-state index contributed by atoms with van der Waals surface area (Å²) in [4.78, 5) is 18.3. The van der Waals surface area contributed by atoms with Gasteiger partial charge in [0, 0.05) is 18.7 Å². The Hall–Kier alpha value is -3.67. The van der Waals surface area contributed by atoms with Gasteiger partial charge in [-0.3, -0.25) is 4.79 Å². The third-order valence-corrected chi connectivity index (χ3v) is 9.06. The summed E-state index contributed by atoms with van der Waals surface area (Å²) in [6.45, 7) is 7.04. The SMILES string of the molecule is CCCCN(CC)S(=O)(=O)c1ccc(C(=O)N(/N=C/c2ccc(OCC)cc2)c2nc3ccc(F)cc3s2)cc1. The van der Waals surface area contributed by atoms with Gasteiger partial charge >= 0.3 is 0 Å². The van der Waals surface area contributed by atoms with Crippen molar-refractivity contribution in [3.8, 4) is 5.75 Å². The summed E-state index contributed by atoms with van der Waals surface area (Å²) in [6, 6.07) is 17.2. The zero-order valence-electron chi connectivity index (χ0n) is 22.6. The van der Waals surface area contributed by atoms with Crippen LogP contribution in [0.3, 0.4) is 0 Å². The molecule has 0 fully saturated rings. The van der Waals surface area contributed by atoms with E-state index in [0.29, 0.717) is 35.7 Å². The van der Waals surface area contributed by atoms with Gasteiger partial charge in [-0.05, 0) is 85.6 Å². The maximum atomic E-state index is 13.8. The van der Waals surface area contributed by atoms with Crippen molar-refractivity contribution in [1.29, 1.82) is 0 Å². The fourth-order valence-electron chi connectivity index (χ4n) is 3.93. The number of carbonyl (C=O) groups is 1. The van der Waals surface area contributed by atoms with Crippen molar-refractivity contribution < 1.29 is 22.3 Å². The number of amides is 1. The summed E-state index contributed by atoms with van der Waals surface area (Å²) < 4.78 is 47.5. The van der Waals surface area contributed by atoms with Gasteiger partial charge in [0.1, 0.15) is 11.6 Å². The first-order valence-corrected chi connectivity index (χ1v) is 15.3. The molecule has 210 valence electrons. The van der Waals surface area contributed by atoms with E-state index in [1.54, 1.807) is 25.1 Å². The van der Waals surface area contributed by atoms with Crippen molar-refractivity contribution in [1.82, 2.24) is 9.29 Å². The number of rotatable bonds is 12. The predicted molar refractivity (Wildman–Crippen MR) is 157 cm³/mol. The maximum Gasteiger partial charge on any atom is 0.280 e. The second kappa shape index (κ2) is 13.1. The molecule has 40 heavy (non-hydrogen) atoms. The number of hydrogen-bond donors (Lipinski definition) is 0. The van der Waals surface area contributed by atoms with E-state index in [2.05, 4.69) is 10.1 Å². The number of ether oxygens (including phenoxy) is 1. The van der Waals surface area contributed by atoms with Gasteiger partial charge < -0.3 is 4.74 Å². The van der Waals surface area contributed by atoms with Gasteiger partial charge in [-0.1, -0.05) is 31.6 Å². The van der Waals surface area contributed by atoms with Crippen LogP contribution in [0.2, 0.25) is 0 Å². The van der Waals surface area contributed by atoms with E-state index < -0.39 is 21.7 Å². The van der Waals surface area contributed by atoms with Crippen LogP contribution in [0.4, 0.5) is 9.52 Å². The molecule has 0 spiro atoms. The highest BCUT2D eigenvalue weighted by Crippen LogP contribution is 2.31. The molecule has 0 N–H and O–H groups in total. The Bertz CT molecular complexity index is 1590. The monoisotopic (exact) mass is 582 g/mol. The normalized spacial score (nSPS) is 11.9. The number of nitrogens with zero attached hydrogens (tertiary/aromatic N) is 4. The largest absolute Gasteiger partial charge is 0.494 e. The molecule has 8 nitrogen and oxygen atoms in total. The molecule has 1 heterocycles. The van der Waals surface area contributed by atoms with Crippen LogP contribution in [0.15, 0.2) is 76.7 Å². The standard InChI is InChI=1S/C29H31FN4O4S2/c1-4-7-18-33(5-2)40(36,37)25-15-10-22(11-16-25)28(35)34(29-32-26-17-12-23(30)19-27(26)39-29)31-20-21-8-13-24(14-9-21)38-6-3/h8-17,19-20H,4-7,18H2,1-3H3/b31-20+. The fraction of sp³-hybridized carbons (Fsp3) is 0.276. The lowest BCUT2D eigenvalue weighted by atomic mass is 10.2. The average Bonchev–Trinajstić information content (AvgIpc) is 3.37. The van der Waals surface area contributed by atoms with E-state index >= 15 is 0 Å². The summed E-state index contributed by atoms with van der Waals surface area (Å²) in [6.07, 6.45) is 3.16. The van der Waals surface area contributed by atoms with Crippen molar-refractivity contribution in [3.05, 3.63) is 83.7 Å². The van der Waals surface area contributed by atoms with Crippen molar-refractivity contribution in [2.45, 2.75) is 38.5 Å². The summed E-state index contributed by atoms with van der Waals surface area (Å²) in [7, 11) is -3.69. The molecule has 1 amide bonds. The number of anilines is 1. The lowest BCUT2D eigenvalue weighted by Crippen LogP contribution is -2.32. The van der Waals surface area contributed by atoms with Crippen molar-refractivity contribution in [2.75, 3.05) is 24.7 Å². The number of halogens is 1. The third kappa shape index (κ3) is 6.72. The molecule has 0 unspecified atom stereocenters. The van der Waals surface area contributed by atoms with Gasteiger partial charge in [-0.2, -0.15) is 14.4 Å². The topological polar surface area (TPSA) is 92.2 Å². The highest BCUT2D eigenvalue weighted by Gasteiger charge is 2.25. The first-order valence-electron chi connectivity index (χ1n) is 13.0.